The lowest BCUT2D eigenvalue weighted by Gasteiger charge is -2.26. The van der Waals surface area contributed by atoms with E-state index in [1.165, 1.54) is 31.0 Å². The van der Waals surface area contributed by atoms with E-state index < -0.39 is 0 Å². The Bertz CT molecular complexity index is 964. The van der Waals surface area contributed by atoms with Gasteiger partial charge in [0.25, 0.3) is 0 Å². The van der Waals surface area contributed by atoms with Crippen LogP contribution < -0.4 is 0 Å². The average molecular weight is 408 g/mol. The van der Waals surface area contributed by atoms with E-state index >= 15 is 0 Å². The van der Waals surface area contributed by atoms with Crippen LogP contribution in [0.4, 0.5) is 0 Å². The predicted molar refractivity (Wildman–Crippen MR) is 115 cm³/mol. The molecule has 2 aromatic carbocycles. The lowest BCUT2D eigenvalue weighted by Crippen LogP contribution is -2.18. The molecular weight excluding hydrogens is 382 g/mol. The molecule has 4 rings (SSSR count). The average Bonchev–Trinajstić information content (AvgIpc) is 3.18. The highest BCUT2D eigenvalue weighted by atomic mass is 32.2. The van der Waals surface area contributed by atoms with Crippen LogP contribution in [0.25, 0.3) is 11.4 Å². The molecule has 1 aliphatic carbocycles. The van der Waals surface area contributed by atoms with E-state index in [1.807, 2.05) is 49.4 Å². The van der Waals surface area contributed by atoms with E-state index in [2.05, 4.69) is 14.8 Å². The summed E-state index contributed by atoms with van der Waals surface area (Å²) in [4.78, 5) is 12.8. The Morgan fingerprint density at radius 2 is 1.72 bits per heavy atom. The van der Waals surface area contributed by atoms with E-state index in [0.717, 1.165) is 34.9 Å². The van der Waals surface area contributed by atoms with E-state index in [0.29, 0.717) is 6.04 Å². The fourth-order valence-electron chi connectivity index (χ4n) is 3.88. The molecule has 1 heterocycles. The maximum Gasteiger partial charge on any atom is 0.192 e. The van der Waals surface area contributed by atoms with Crippen LogP contribution in [-0.2, 0) is 0 Å². The summed E-state index contributed by atoms with van der Waals surface area (Å²) in [5, 5.41) is 19.1. The van der Waals surface area contributed by atoms with Gasteiger partial charge in [0, 0.05) is 17.2 Å². The highest BCUT2D eigenvalue weighted by Gasteiger charge is 2.26. The largest absolute Gasteiger partial charge is 0.508 e. The minimum absolute atomic E-state index is 0.0972. The molecule has 1 fully saturated rings. The Morgan fingerprint density at radius 1 is 1.03 bits per heavy atom. The van der Waals surface area contributed by atoms with Crippen molar-refractivity contribution in [2.45, 2.75) is 55.5 Å². The molecule has 1 unspecified atom stereocenters. The Labute approximate surface area is 175 Å². The number of phenolic OH excluding ortho intramolecular Hbond substituents is 1. The molecule has 0 spiro atoms. The second-order valence-electron chi connectivity index (χ2n) is 7.51. The molecule has 5 nitrogen and oxygen atoms in total. The maximum atomic E-state index is 12.8. The van der Waals surface area contributed by atoms with Crippen LogP contribution in [0.1, 0.15) is 55.4 Å². The molecule has 0 saturated heterocycles. The number of carbonyl (C=O) groups is 1. The van der Waals surface area contributed by atoms with Crippen molar-refractivity contribution in [3.63, 3.8) is 0 Å². The fourth-order valence-corrected chi connectivity index (χ4v) is 4.88. The lowest BCUT2D eigenvalue weighted by molar-refractivity contribution is 0.0993. The van der Waals surface area contributed by atoms with Crippen LogP contribution in [0.3, 0.4) is 0 Å². The highest BCUT2D eigenvalue weighted by molar-refractivity contribution is 8.00. The first-order valence-corrected chi connectivity index (χ1v) is 11.0. The number of ketones is 1. The van der Waals surface area contributed by atoms with Gasteiger partial charge in [-0.25, -0.2) is 0 Å². The molecule has 0 radical (unpaired) electrons. The molecule has 1 aliphatic rings. The van der Waals surface area contributed by atoms with Gasteiger partial charge in [-0.1, -0.05) is 61.4 Å². The normalized spacial score (nSPS) is 15.9. The number of rotatable bonds is 6. The number of aromatic nitrogens is 3. The molecule has 1 N–H and O–H groups in total. The van der Waals surface area contributed by atoms with Gasteiger partial charge in [0.2, 0.25) is 0 Å². The Balaban J connectivity index is 1.65. The summed E-state index contributed by atoms with van der Waals surface area (Å²) < 4.78 is 2.21. The summed E-state index contributed by atoms with van der Waals surface area (Å²) in [6.07, 6.45) is 5.84. The fraction of sp³-hybridized carbons (Fsp3) is 0.348. The van der Waals surface area contributed by atoms with Gasteiger partial charge in [-0.15, -0.1) is 10.2 Å². The Morgan fingerprint density at radius 3 is 2.41 bits per heavy atom. The van der Waals surface area contributed by atoms with Gasteiger partial charge in [0.05, 0.1) is 5.25 Å². The van der Waals surface area contributed by atoms with E-state index in [9.17, 15) is 9.90 Å². The van der Waals surface area contributed by atoms with Crippen molar-refractivity contribution in [3.05, 3.63) is 60.2 Å². The third-order valence-corrected chi connectivity index (χ3v) is 6.50. The summed E-state index contributed by atoms with van der Waals surface area (Å²) in [6, 6.07) is 16.8. The number of nitrogens with zero attached hydrogens (tertiary/aromatic N) is 3. The van der Waals surface area contributed by atoms with Gasteiger partial charge >= 0.3 is 0 Å². The van der Waals surface area contributed by atoms with Crippen LogP contribution >= 0.6 is 11.8 Å². The second-order valence-corrected chi connectivity index (χ2v) is 8.81. The van der Waals surface area contributed by atoms with Crippen molar-refractivity contribution in [2.75, 3.05) is 0 Å². The molecule has 3 aromatic rings. The molecule has 150 valence electrons. The number of carbonyl (C=O) groups excluding carboxylic acids is 1. The van der Waals surface area contributed by atoms with Crippen LogP contribution in [0.2, 0.25) is 0 Å². The minimum Gasteiger partial charge on any atom is -0.508 e. The van der Waals surface area contributed by atoms with Crippen molar-refractivity contribution in [3.8, 4) is 17.1 Å². The summed E-state index contributed by atoms with van der Waals surface area (Å²) in [5.41, 5.74) is 1.64. The first-order valence-electron chi connectivity index (χ1n) is 10.1. The first kappa shape index (κ1) is 19.7. The number of phenols is 1. The van der Waals surface area contributed by atoms with Crippen LogP contribution in [0.15, 0.2) is 59.8 Å². The zero-order chi connectivity index (χ0) is 20.2. The summed E-state index contributed by atoms with van der Waals surface area (Å²) >= 11 is 1.48. The minimum atomic E-state index is -0.253. The van der Waals surface area contributed by atoms with Gasteiger partial charge < -0.3 is 5.11 Å². The quantitative estimate of drug-likeness (QED) is 0.430. The molecular formula is C23H25N3O2S. The first-order chi connectivity index (χ1) is 14.1. The molecule has 29 heavy (non-hydrogen) atoms. The molecule has 0 bridgehead atoms. The summed E-state index contributed by atoms with van der Waals surface area (Å²) in [5.74, 6) is 1.13. The number of thioether (sulfide) groups is 1. The zero-order valence-corrected chi connectivity index (χ0v) is 17.3. The van der Waals surface area contributed by atoms with Crippen LogP contribution in [0.5, 0.6) is 5.75 Å². The van der Waals surface area contributed by atoms with Crippen LogP contribution in [0, 0.1) is 0 Å². The van der Waals surface area contributed by atoms with E-state index in [-0.39, 0.29) is 16.8 Å². The monoisotopic (exact) mass is 407 g/mol. The number of hydrogen-bond donors (Lipinski definition) is 1. The molecule has 0 amide bonds. The number of aromatic hydroxyl groups is 1. The standard InChI is InChI=1S/C23H25N3O2S/c1-16(21(28)17-8-4-2-5-9-17)29-23-25-24-22(18-12-14-20(27)15-13-18)26(23)19-10-6-3-7-11-19/h2,4-5,8-9,12-16,19,27H,3,6-7,10-11H2,1H3. The number of benzene rings is 2. The lowest BCUT2D eigenvalue weighted by atomic mass is 9.95. The molecule has 6 heteroatoms. The van der Waals surface area contributed by atoms with Gasteiger partial charge in [0.15, 0.2) is 16.8 Å². The Hall–Kier alpha value is -2.60. The van der Waals surface area contributed by atoms with Crippen LogP contribution in [-0.4, -0.2) is 30.9 Å². The molecule has 0 aliphatic heterocycles. The maximum absolute atomic E-state index is 12.8. The molecule has 1 saturated carbocycles. The number of Topliss-reactive ketones (excluding diaryl/α,β-unsaturated/α-hetero) is 1. The van der Waals surface area contributed by atoms with E-state index in [4.69, 9.17) is 0 Å². The van der Waals surface area contributed by atoms with Gasteiger partial charge in [-0.2, -0.15) is 0 Å². The topological polar surface area (TPSA) is 68.0 Å². The van der Waals surface area contributed by atoms with Gasteiger partial charge in [-0.05, 0) is 44.0 Å². The summed E-state index contributed by atoms with van der Waals surface area (Å²) in [6.45, 7) is 1.93. The third kappa shape index (κ3) is 4.37. The van der Waals surface area contributed by atoms with Crippen molar-refractivity contribution in [1.82, 2.24) is 14.8 Å². The number of hydrogen-bond acceptors (Lipinski definition) is 5. The SMILES string of the molecule is CC(Sc1nnc(-c2ccc(O)cc2)n1C1CCCCC1)C(=O)c1ccccc1. The van der Waals surface area contributed by atoms with Crippen molar-refractivity contribution >= 4 is 17.5 Å². The second kappa shape index (κ2) is 8.82. The van der Waals surface area contributed by atoms with Crippen molar-refractivity contribution in [2.24, 2.45) is 0 Å². The van der Waals surface area contributed by atoms with Crippen molar-refractivity contribution in [1.29, 1.82) is 0 Å². The summed E-state index contributed by atoms with van der Waals surface area (Å²) in [7, 11) is 0. The predicted octanol–water partition coefficient (Wildman–Crippen LogP) is 5.52. The third-order valence-electron chi connectivity index (χ3n) is 5.44. The van der Waals surface area contributed by atoms with Crippen molar-refractivity contribution < 1.29 is 9.90 Å². The van der Waals surface area contributed by atoms with Gasteiger partial charge in [0.1, 0.15) is 5.75 Å². The van der Waals surface area contributed by atoms with Gasteiger partial charge in [-0.3, -0.25) is 9.36 Å². The van der Waals surface area contributed by atoms with E-state index in [1.54, 1.807) is 12.1 Å². The smallest absolute Gasteiger partial charge is 0.192 e. The molecule has 1 aromatic heterocycles. The highest BCUT2D eigenvalue weighted by Crippen LogP contribution is 2.37. The zero-order valence-electron chi connectivity index (χ0n) is 16.5. The Kier molecular flexibility index (Phi) is 6.00. The molecule has 1 atom stereocenters.